The highest BCUT2D eigenvalue weighted by Crippen LogP contribution is 2.37. The number of hydrogen-bond acceptors (Lipinski definition) is 4. The Morgan fingerprint density at radius 1 is 0.929 bits per heavy atom. The molecule has 4 rings (SSSR count). The lowest BCUT2D eigenvalue weighted by Gasteiger charge is -2.19. The van der Waals surface area contributed by atoms with Crippen molar-refractivity contribution < 1.29 is 14.4 Å². The molecule has 6 heteroatoms. The Labute approximate surface area is 165 Å². The smallest absolute Gasteiger partial charge is 0.234 e. The van der Waals surface area contributed by atoms with Crippen molar-refractivity contribution in [2.45, 2.75) is 70.3 Å². The highest BCUT2D eigenvalue weighted by atomic mass is 16.2. The Balaban J connectivity index is 1.45. The predicted octanol–water partition coefficient (Wildman–Crippen LogP) is 2.93. The summed E-state index contributed by atoms with van der Waals surface area (Å²) in [7, 11) is 0. The molecule has 2 atom stereocenters. The lowest BCUT2D eigenvalue weighted by atomic mass is 9.81. The number of aromatic nitrogens is 1. The molecule has 3 aliphatic rings. The standard InChI is InChI=1S/C22H29N3O3/c26-20(13-15-25-21(27)17-10-4-5-11-18(17)22(25)28)24-14-7-6-12-19(24)23-16-8-2-1-3-9-16/h6-7,12,14,16-18H,1-5,8-11,13,15H2/t17-,18-/m1/s1. The van der Waals surface area contributed by atoms with Crippen molar-refractivity contribution in [3.05, 3.63) is 29.9 Å². The molecule has 1 aromatic rings. The molecular formula is C22H29N3O3. The van der Waals surface area contributed by atoms with Crippen LogP contribution in [0.2, 0.25) is 0 Å². The van der Waals surface area contributed by atoms with E-state index in [9.17, 15) is 14.4 Å². The molecule has 6 nitrogen and oxygen atoms in total. The summed E-state index contributed by atoms with van der Waals surface area (Å²) in [5.41, 5.74) is 0.673. The minimum absolute atomic E-state index is 0.0762. The summed E-state index contributed by atoms with van der Waals surface area (Å²) in [6, 6.07) is 5.86. The molecule has 0 unspecified atom stereocenters. The fraction of sp³-hybridized carbons (Fsp3) is 0.636. The Hall–Kier alpha value is -2.24. The van der Waals surface area contributed by atoms with Gasteiger partial charge in [0.1, 0.15) is 5.49 Å². The van der Waals surface area contributed by atoms with Gasteiger partial charge in [-0.3, -0.25) is 28.8 Å². The fourth-order valence-corrected chi connectivity index (χ4v) is 4.93. The summed E-state index contributed by atoms with van der Waals surface area (Å²) in [4.78, 5) is 44.2. The summed E-state index contributed by atoms with van der Waals surface area (Å²) >= 11 is 0. The van der Waals surface area contributed by atoms with Crippen LogP contribution in [0.1, 0.15) is 69.0 Å². The van der Waals surface area contributed by atoms with Crippen LogP contribution in [0.25, 0.3) is 0 Å². The summed E-state index contributed by atoms with van der Waals surface area (Å²) in [6.45, 7) is 0.175. The third kappa shape index (κ3) is 3.82. The van der Waals surface area contributed by atoms with E-state index in [2.05, 4.69) is 0 Å². The predicted molar refractivity (Wildman–Crippen MR) is 104 cm³/mol. The van der Waals surface area contributed by atoms with Gasteiger partial charge in [0.15, 0.2) is 0 Å². The van der Waals surface area contributed by atoms with Crippen molar-refractivity contribution in [2.24, 2.45) is 16.8 Å². The minimum atomic E-state index is -0.155. The first-order valence-electron chi connectivity index (χ1n) is 10.7. The minimum Gasteiger partial charge on any atom is -0.282 e. The first kappa shape index (κ1) is 19.1. The van der Waals surface area contributed by atoms with E-state index in [1.807, 2.05) is 18.2 Å². The van der Waals surface area contributed by atoms with Crippen molar-refractivity contribution in [1.82, 2.24) is 9.47 Å². The van der Waals surface area contributed by atoms with Crippen LogP contribution in [0.3, 0.4) is 0 Å². The van der Waals surface area contributed by atoms with Gasteiger partial charge in [-0.2, -0.15) is 0 Å². The van der Waals surface area contributed by atoms with Crippen LogP contribution in [-0.4, -0.2) is 39.8 Å². The van der Waals surface area contributed by atoms with Crippen LogP contribution >= 0.6 is 0 Å². The molecule has 0 N–H and O–H groups in total. The number of carbonyl (C=O) groups excluding carboxylic acids is 3. The lowest BCUT2D eigenvalue weighted by Crippen LogP contribution is -2.35. The third-order valence-corrected chi connectivity index (χ3v) is 6.48. The van der Waals surface area contributed by atoms with Gasteiger partial charge < -0.3 is 0 Å². The first-order valence-corrected chi connectivity index (χ1v) is 10.7. The fourth-order valence-electron chi connectivity index (χ4n) is 4.93. The molecule has 0 radical (unpaired) electrons. The molecule has 3 fully saturated rings. The van der Waals surface area contributed by atoms with Crippen LogP contribution in [0.5, 0.6) is 0 Å². The summed E-state index contributed by atoms with van der Waals surface area (Å²) in [6.07, 6.45) is 11.3. The van der Waals surface area contributed by atoms with Gasteiger partial charge in [0, 0.05) is 19.2 Å². The lowest BCUT2D eigenvalue weighted by molar-refractivity contribution is -0.139. The van der Waals surface area contributed by atoms with Crippen molar-refractivity contribution in [3.8, 4) is 0 Å². The Morgan fingerprint density at radius 3 is 2.25 bits per heavy atom. The third-order valence-electron chi connectivity index (χ3n) is 6.48. The largest absolute Gasteiger partial charge is 0.282 e. The van der Waals surface area contributed by atoms with E-state index in [1.54, 1.807) is 10.8 Å². The van der Waals surface area contributed by atoms with Gasteiger partial charge in [0.2, 0.25) is 17.7 Å². The molecule has 0 aromatic carbocycles. The van der Waals surface area contributed by atoms with E-state index in [4.69, 9.17) is 4.99 Å². The number of pyridine rings is 1. The Bertz CT molecular complexity index is 798. The van der Waals surface area contributed by atoms with Gasteiger partial charge in [0.25, 0.3) is 0 Å². The molecular weight excluding hydrogens is 354 g/mol. The molecule has 150 valence electrons. The molecule has 2 amide bonds. The normalized spacial score (nSPS) is 26.6. The van der Waals surface area contributed by atoms with Crippen molar-refractivity contribution in [2.75, 3.05) is 6.54 Å². The number of amides is 2. The number of carbonyl (C=O) groups is 3. The van der Waals surface area contributed by atoms with Crippen molar-refractivity contribution in [3.63, 3.8) is 0 Å². The highest BCUT2D eigenvalue weighted by Gasteiger charge is 2.47. The zero-order valence-corrected chi connectivity index (χ0v) is 16.4. The first-order chi connectivity index (χ1) is 13.6. The molecule has 2 heterocycles. The van der Waals surface area contributed by atoms with Crippen LogP contribution in [0.4, 0.5) is 0 Å². The molecule has 1 saturated heterocycles. The van der Waals surface area contributed by atoms with E-state index in [0.717, 1.165) is 38.5 Å². The maximum absolute atomic E-state index is 12.8. The monoisotopic (exact) mass is 383 g/mol. The van der Waals surface area contributed by atoms with Crippen molar-refractivity contribution in [1.29, 1.82) is 0 Å². The second-order valence-corrected chi connectivity index (χ2v) is 8.32. The molecule has 2 aliphatic carbocycles. The van der Waals surface area contributed by atoms with Crippen LogP contribution in [0.15, 0.2) is 29.4 Å². The van der Waals surface area contributed by atoms with Gasteiger partial charge in [0.05, 0.1) is 17.9 Å². The zero-order valence-electron chi connectivity index (χ0n) is 16.4. The van der Waals surface area contributed by atoms with Gasteiger partial charge in [-0.05, 0) is 37.8 Å². The second-order valence-electron chi connectivity index (χ2n) is 8.32. The van der Waals surface area contributed by atoms with Crippen LogP contribution in [0, 0.1) is 11.8 Å². The van der Waals surface area contributed by atoms with Crippen LogP contribution < -0.4 is 5.49 Å². The Kier molecular flexibility index (Phi) is 5.74. The SMILES string of the molecule is O=C1[C@@H]2CCCC[C@H]2C(=O)N1CCC(=O)n1ccccc1=NC1CCCCC1. The number of rotatable bonds is 4. The number of likely N-dealkylation sites (tertiary alicyclic amines) is 1. The molecule has 28 heavy (non-hydrogen) atoms. The Morgan fingerprint density at radius 2 is 1.57 bits per heavy atom. The average Bonchev–Trinajstić information content (AvgIpc) is 2.98. The average molecular weight is 383 g/mol. The molecule has 0 spiro atoms. The number of nitrogens with zero attached hydrogens (tertiary/aromatic N) is 3. The topological polar surface area (TPSA) is 71.7 Å². The van der Waals surface area contributed by atoms with E-state index in [0.29, 0.717) is 5.49 Å². The molecule has 2 saturated carbocycles. The van der Waals surface area contributed by atoms with Crippen molar-refractivity contribution >= 4 is 17.7 Å². The highest BCUT2D eigenvalue weighted by molar-refractivity contribution is 6.05. The summed E-state index contributed by atoms with van der Waals surface area (Å²) < 4.78 is 1.58. The van der Waals surface area contributed by atoms with E-state index >= 15 is 0 Å². The molecule has 1 aromatic heterocycles. The van der Waals surface area contributed by atoms with E-state index < -0.39 is 0 Å². The maximum Gasteiger partial charge on any atom is 0.234 e. The molecule has 0 bridgehead atoms. The van der Waals surface area contributed by atoms with Gasteiger partial charge in [-0.15, -0.1) is 0 Å². The number of hydrogen-bond donors (Lipinski definition) is 0. The van der Waals surface area contributed by atoms with Crippen LogP contribution in [-0.2, 0) is 9.59 Å². The number of fused-ring (bicyclic) bond motifs is 1. The van der Waals surface area contributed by atoms with E-state index in [1.165, 1.54) is 24.2 Å². The van der Waals surface area contributed by atoms with E-state index in [-0.39, 0.29) is 48.6 Å². The molecule has 1 aliphatic heterocycles. The zero-order chi connectivity index (χ0) is 19.5. The number of imide groups is 1. The quantitative estimate of drug-likeness (QED) is 0.751. The second kappa shape index (κ2) is 8.41. The van der Waals surface area contributed by atoms with Gasteiger partial charge >= 0.3 is 0 Å². The van der Waals surface area contributed by atoms with Gasteiger partial charge in [-0.1, -0.05) is 38.2 Å². The summed E-state index contributed by atoms with van der Waals surface area (Å²) in [5.74, 6) is -0.582. The van der Waals surface area contributed by atoms with Gasteiger partial charge in [-0.25, -0.2) is 0 Å². The maximum atomic E-state index is 12.8. The summed E-state index contributed by atoms with van der Waals surface area (Å²) in [5, 5.41) is 0.